The molecule has 0 unspecified atom stereocenters. The van der Waals surface area contributed by atoms with E-state index in [2.05, 4.69) is 21.3 Å². The van der Waals surface area contributed by atoms with Gasteiger partial charge in [-0.15, -0.1) is 0 Å². The molecule has 0 spiro atoms. The number of phenols is 2. The fourth-order valence-electron chi connectivity index (χ4n) is 5.73. The first kappa shape index (κ1) is 40.2. The van der Waals surface area contributed by atoms with E-state index >= 15 is 0 Å². The van der Waals surface area contributed by atoms with Crippen molar-refractivity contribution in [3.63, 3.8) is 0 Å². The molecular weight excluding hydrogens is 664 g/mol. The second-order valence-electron chi connectivity index (χ2n) is 12.8. The van der Waals surface area contributed by atoms with Gasteiger partial charge in [-0.3, -0.25) is 24.0 Å². The predicted molar refractivity (Wildman–Crippen MR) is 184 cm³/mol. The van der Waals surface area contributed by atoms with Crippen molar-refractivity contribution in [3.05, 3.63) is 59.7 Å². The summed E-state index contributed by atoms with van der Waals surface area (Å²) in [7, 11) is 0. The molecule has 16 nitrogen and oxygen atoms in total. The first-order valence-corrected chi connectivity index (χ1v) is 16.8. The van der Waals surface area contributed by atoms with Crippen LogP contribution in [0.1, 0.15) is 51.2 Å². The van der Waals surface area contributed by atoms with Crippen LogP contribution in [0.25, 0.3) is 0 Å². The lowest BCUT2D eigenvalue weighted by Gasteiger charge is -2.32. The van der Waals surface area contributed by atoms with Crippen LogP contribution >= 0.6 is 0 Å². The van der Waals surface area contributed by atoms with Gasteiger partial charge in [-0.25, -0.2) is 4.79 Å². The number of aliphatic carboxylic acids is 1. The quantitative estimate of drug-likeness (QED) is 0.0989. The topological polar surface area (TPSA) is 261 Å². The smallest absolute Gasteiger partial charge is 0.326 e. The summed E-state index contributed by atoms with van der Waals surface area (Å²) in [6.07, 6.45) is -0.455. The highest BCUT2D eigenvalue weighted by Gasteiger charge is 2.40. The third-order valence-electron chi connectivity index (χ3n) is 8.88. The van der Waals surface area contributed by atoms with E-state index in [0.29, 0.717) is 24.0 Å². The highest BCUT2D eigenvalue weighted by atomic mass is 16.4. The number of nitrogens with two attached hydrogens (primary N) is 1. The van der Waals surface area contributed by atoms with Gasteiger partial charge < -0.3 is 52.3 Å². The van der Waals surface area contributed by atoms with Crippen molar-refractivity contribution in [1.82, 2.24) is 26.2 Å². The Balaban J connectivity index is 1.83. The summed E-state index contributed by atoms with van der Waals surface area (Å²) in [5.74, 6) is -5.24. The molecule has 3 rings (SSSR count). The molecule has 16 heteroatoms. The monoisotopic (exact) mass is 712 g/mol. The number of carboxylic acids is 1. The van der Waals surface area contributed by atoms with Crippen molar-refractivity contribution in [1.29, 1.82) is 0 Å². The van der Waals surface area contributed by atoms with E-state index in [-0.39, 0.29) is 49.8 Å². The summed E-state index contributed by atoms with van der Waals surface area (Å²) in [6, 6.07) is 5.20. The van der Waals surface area contributed by atoms with E-state index in [1.165, 1.54) is 60.4 Å². The van der Waals surface area contributed by atoms with Crippen LogP contribution in [0, 0.1) is 5.92 Å². The summed E-state index contributed by atoms with van der Waals surface area (Å²) in [5, 5.41) is 49.7. The minimum atomic E-state index is -1.63. The van der Waals surface area contributed by atoms with Crippen molar-refractivity contribution >= 4 is 35.5 Å². The molecule has 1 heterocycles. The zero-order chi connectivity index (χ0) is 37.8. The number of nitrogens with zero attached hydrogens (tertiary/aromatic N) is 1. The number of hydrogen-bond donors (Lipinski definition) is 9. The summed E-state index contributed by atoms with van der Waals surface area (Å²) in [4.78, 5) is 80.1. The predicted octanol–water partition coefficient (Wildman–Crippen LogP) is -0.717. The third kappa shape index (κ3) is 11.4. The number of carbonyl (C=O) groups excluding carboxylic acids is 5. The highest BCUT2D eigenvalue weighted by molar-refractivity contribution is 5.96. The number of hydrogen-bond acceptors (Lipinski definition) is 10. The van der Waals surface area contributed by atoms with E-state index in [1.54, 1.807) is 6.92 Å². The Morgan fingerprint density at radius 3 is 1.84 bits per heavy atom. The maximum atomic E-state index is 13.8. The van der Waals surface area contributed by atoms with Crippen LogP contribution in [0.15, 0.2) is 48.5 Å². The number of rotatable bonds is 17. The number of carboxylic acid groups (broad SMARTS) is 1. The number of nitrogens with one attached hydrogen (secondary N) is 4. The Bertz CT molecular complexity index is 1530. The minimum absolute atomic E-state index is 0.0287. The van der Waals surface area contributed by atoms with Crippen LogP contribution in [0.4, 0.5) is 0 Å². The first-order chi connectivity index (χ1) is 24.1. The summed E-state index contributed by atoms with van der Waals surface area (Å²) in [5.41, 5.74) is 6.48. The van der Waals surface area contributed by atoms with Gasteiger partial charge in [0, 0.05) is 19.4 Å². The Hall–Kier alpha value is -5.22. The van der Waals surface area contributed by atoms with Crippen LogP contribution in [0.3, 0.4) is 0 Å². The molecule has 1 aliphatic rings. The van der Waals surface area contributed by atoms with E-state index in [1.807, 2.05) is 6.92 Å². The molecular formula is C35H48N6O10. The molecule has 0 bridgehead atoms. The van der Waals surface area contributed by atoms with Crippen molar-refractivity contribution < 1.29 is 49.2 Å². The van der Waals surface area contributed by atoms with Gasteiger partial charge in [0.05, 0.1) is 12.6 Å². The van der Waals surface area contributed by atoms with Crippen LogP contribution in [-0.2, 0) is 41.6 Å². The van der Waals surface area contributed by atoms with Crippen LogP contribution in [0.5, 0.6) is 11.5 Å². The second kappa shape index (κ2) is 18.7. The first-order valence-electron chi connectivity index (χ1n) is 16.8. The zero-order valence-electron chi connectivity index (χ0n) is 28.9. The van der Waals surface area contributed by atoms with Gasteiger partial charge in [-0.1, -0.05) is 44.5 Å². The molecule has 2 aromatic carbocycles. The lowest BCUT2D eigenvalue weighted by atomic mass is 9.97. The standard InChI is InChI=1S/C35H48N6O10/c1-4-19(2)29(39-28(45)18-36)34(49)41-15-5-6-27(41)32(47)37-25(16-21-7-11-23(43)12-8-21)31(46)40-30(20(3)42)33(48)38-26(35(50)51)17-22-9-13-24(44)14-10-22/h7-14,19-20,25-27,29-30,42-44H,4-6,15-18,36H2,1-3H3,(H,37,47)(H,38,48)(H,39,45)(H,40,46)(H,50,51)/t19-,20+,25-,26-,27-,29-,30-/m0/s1. The molecule has 1 aliphatic heterocycles. The SMILES string of the molecule is CC[C@H](C)[C@H](NC(=O)CN)C(=O)N1CCC[C@H]1C(=O)N[C@@H](Cc1ccc(O)cc1)C(=O)N[C@H](C(=O)N[C@@H](Cc1ccc(O)cc1)C(=O)O)[C@@H](C)O. The zero-order valence-corrected chi connectivity index (χ0v) is 28.9. The van der Waals surface area contributed by atoms with Crippen LogP contribution < -0.4 is 27.0 Å². The molecule has 0 radical (unpaired) electrons. The Morgan fingerprint density at radius 1 is 0.804 bits per heavy atom. The van der Waals surface area contributed by atoms with E-state index < -0.39 is 71.8 Å². The molecule has 278 valence electrons. The minimum Gasteiger partial charge on any atom is -0.508 e. The number of aliphatic hydroxyl groups excluding tert-OH is 1. The molecule has 10 N–H and O–H groups in total. The van der Waals surface area contributed by atoms with E-state index in [9.17, 15) is 49.2 Å². The van der Waals surface area contributed by atoms with Crippen LogP contribution in [0.2, 0.25) is 0 Å². The summed E-state index contributed by atoms with van der Waals surface area (Å²) < 4.78 is 0. The van der Waals surface area contributed by atoms with Gasteiger partial charge in [0.25, 0.3) is 0 Å². The van der Waals surface area contributed by atoms with E-state index in [4.69, 9.17) is 5.73 Å². The maximum absolute atomic E-state index is 13.8. The van der Waals surface area contributed by atoms with Gasteiger partial charge in [-0.2, -0.15) is 0 Å². The number of likely N-dealkylation sites (tertiary alicyclic amines) is 1. The summed E-state index contributed by atoms with van der Waals surface area (Å²) >= 11 is 0. The Morgan fingerprint density at radius 2 is 1.35 bits per heavy atom. The van der Waals surface area contributed by atoms with Crippen molar-refractivity contribution in [2.45, 2.75) is 89.2 Å². The molecule has 5 amide bonds. The lowest BCUT2D eigenvalue weighted by Crippen LogP contribution is -2.61. The number of aliphatic hydroxyl groups is 1. The van der Waals surface area contributed by atoms with E-state index in [0.717, 1.165) is 0 Å². The van der Waals surface area contributed by atoms with Gasteiger partial charge in [0.2, 0.25) is 29.5 Å². The fraction of sp³-hybridized carbons (Fsp3) is 0.486. The fourth-order valence-corrected chi connectivity index (χ4v) is 5.73. The number of phenolic OH excluding ortho intramolecular Hbond substituents is 2. The normalized spacial score (nSPS) is 17.6. The second-order valence-corrected chi connectivity index (χ2v) is 12.8. The Labute approximate surface area is 295 Å². The van der Waals surface area contributed by atoms with Crippen molar-refractivity contribution in [2.24, 2.45) is 11.7 Å². The molecule has 1 fully saturated rings. The maximum Gasteiger partial charge on any atom is 0.326 e. The molecule has 51 heavy (non-hydrogen) atoms. The number of benzene rings is 2. The van der Waals surface area contributed by atoms with Crippen LogP contribution in [-0.4, -0.2) is 110 Å². The largest absolute Gasteiger partial charge is 0.508 e. The molecule has 0 saturated carbocycles. The number of aromatic hydroxyl groups is 2. The summed E-state index contributed by atoms with van der Waals surface area (Å²) in [6.45, 7) is 4.80. The molecule has 1 saturated heterocycles. The Kier molecular flexibility index (Phi) is 14.7. The average Bonchev–Trinajstić information content (AvgIpc) is 3.60. The average molecular weight is 713 g/mol. The lowest BCUT2D eigenvalue weighted by molar-refractivity contribution is -0.143. The number of carbonyl (C=O) groups is 6. The van der Waals surface area contributed by atoms with Crippen molar-refractivity contribution in [3.8, 4) is 11.5 Å². The van der Waals surface area contributed by atoms with Gasteiger partial charge in [-0.05, 0) is 61.1 Å². The van der Waals surface area contributed by atoms with Gasteiger partial charge in [0.15, 0.2) is 0 Å². The van der Waals surface area contributed by atoms with Crippen molar-refractivity contribution in [2.75, 3.05) is 13.1 Å². The van der Waals surface area contributed by atoms with Gasteiger partial charge in [0.1, 0.15) is 41.7 Å². The molecule has 2 aromatic rings. The number of amides is 5. The molecule has 7 atom stereocenters. The molecule has 0 aromatic heterocycles. The third-order valence-corrected chi connectivity index (χ3v) is 8.88. The van der Waals surface area contributed by atoms with Gasteiger partial charge >= 0.3 is 5.97 Å². The molecule has 0 aliphatic carbocycles. The highest BCUT2D eigenvalue weighted by Crippen LogP contribution is 2.22.